The number of nitrogens with zero attached hydrogens (tertiary/aromatic N) is 3. The molecule has 0 spiro atoms. The van der Waals surface area contributed by atoms with Crippen LogP contribution in [0.2, 0.25) is 0 Å². The third kappa shape index (κ3) is 2.17. The van der Waals surface area contributed by atoms with Gasteiger partial charge in [-0.15, -0.1) is 0 Å². The van der Waals surface area contributed by atoms with Crippen molar-refractivity contribution in [2.75, 3.05) is 5.43 Å². The van der Waals surface area contributed by atoms with Crippen LogP contribution in [0.4, 0.5) is 0 Å². The van der Waals surface area contributed by atoms with Gasteiger partial charge in [-0.2, -0.15) is 0 Å². The van der Waals surface area contributed by atoms with Crippen LogP contribution >= 0.6 is 0 Å². The molecule has 0 aromatic carbocycles. The Bertz CT molecular complexity index is 481. The Labute approximate surface area is 91.6 Å². The Morgan fingerprint density at radius 3 is 3.00 bits per heavy atom. The number of carboxylic acids is 1. The summed E-state index contributed by atoms with van der Waals surface area (Å²) in [5.74, 6) is -1.02. The molecule has 2 rings (SSSR count). The highest BCUT2D eigenvalue weighted by molar-refractivity contribution is 5.85. The maximum absolute atomic E-state index is 10.8. The van der Waals surface area contributed by atoms with E-state index in [1.54, 1.807) is 12.4 Å². The molecule has 0 aliphatic heterocycles. The van der Waals surface area contributed by atoms with E-state index in [0.29, 0.717) is 6.54 Å². The number of imidazole rings is 1. The maximum Gasteiger partial charge on any atom is 0.356 e. The first-order chi connectivity index (χ1) is 7.77. The van der Waals surface area contributed by atoms with Gasteiger partial charge < -0.3 is 10.5 Å². The number of pyridine rings is 1. The van der Waals surface area contributed by atoms with Crippen molar-refractivity contribution >= 4 is 5.97 Å². The van der Waals surface area contributed by atoms with Crippen molar-refractivity contribution in [2.24, 2.45) is 0 Å². The molecular weight excluding hydrogens is 208 g/mol. The fourth-order valence-corrected chi connectivity index (χ4v) is 1.26. The van der Waals surface area contributed by atoms with Crippen molar-refractivity contribution in [3.63, 3.8) is 0 Å². The summed E-state index contributed by atoms with van der Waals surface area (Å²) in [6, 6.07) is 3.72. The highest BCUT2D eigenvalue weighted by atomic mass is 16.4. The molecule has 0 aliphatic carbocycles. The zero-order valence-electron chi connectivity index (χ0n) is 8.37. The molecule has 2 N–H and O–H groups in total. The van der Waals surface area contributed by atoms with E-state index in [1.807, 2.05) is 12.1 Å². The summed E-state index contributed by atoms with van der Waals surface area (Å²) in [6.45, 7) is 0.491. The molecule has 2 aromatic rings. The molecule has 0 saturated heterocycles. The minimum Gasteiger partial charge on any atom is -0.476 e. The van der Waals surface area contributed by atoms with Gasteiger partial charge in [-0.1, -0.05) is 6.07 Å². The Morgan fingerprint density at radius 1 is 1.44 bits per heavy atom. The molecule has 0 fully saturated rings. The fourth-order valence-electron chi connectivity index (χ4n) is 1.26. The first-order valence-electron chi connectivity index (χ1n) is 4.66. The van der Waals surface area contributed by atoms with Gasteiger partial charge in [0, 0.05) is 12.4 Å². The van der Waals surface area contributed by atoms with Gasteiger partial charge >= 0.3 is 5.97 Å². The third-order valence-electron chi connectivity index (χ3n) is 2.03. The van der Waals surface area contributed by atoms with E-state index in [0.717, 1.165) is 5.56 Å². The summed E-state index contributed by atoms with van der Waals surface area (Å²) < 4.78 is 1.37. The van der Waals surface area contributed by atoms with Crippen molar-refractivity contribution in [1.29, 1.82) is 0 Å². The third-order valence-corrected chi connectivity index (χ3v) is 2.03. The molecule has 0 saturated carbocycles. The van der Waals surface area contributed by atoms with Crippen molar-refractivity contribution < 1.29 is 9.90 Å². The van der Waals surface area contributed by atoms with Crippen LogP contribution in [-0.4, -0.2) is 25.7 Å². The predicted octanol–water partition coefficient (Wildman–Crippen LogP) is 0.720. The van der Waals surface area contributed by atoms with E-state index in [4.69, 9.17) is 5.11 Å². The molecule has 0 bridgehead atoms. The van der Waals surface area contributed by atoms with Crippen LogP contribution in [0.3, 0.4) is 0 Å². The molecule has 16 heavy (non-hydrogen) atoms. The number of carboxylic acid groups (broad SMARTS) is 1. The Balaban J connectivity index is 2.05. The minimum atomic E-state index is -1.02. The van der Waals surface area contributed by atoms with Gasteiger partial charge in [0.2, 0.25) is 0 Å². The second kappa shape index (κ2) is 4.43. The highest BCUT2D eigenvalue weighted by Gasteiger charge is 2.08. The molecule has 6 nitrogen and oxygen atoms in total. The van der Waals surface area contributed by atoms with Crippen molar-refractivity contribution in [1.82, 2.24) is 14.6 Å². The van der Waals surface area contributed by atoms with Crippen molar-refractivity contribution in [2.45, 2.75) is 6.54 Å². The van der Waals surface area contributed by atoms with E-state index < -0.39 is 5.97 Å². The average Bonchev–Trinajstić information content (AvgIpc) is 2.76. The van der Waals surface area contributed by atoms with Crippen molar-refractivity contribution in [3.8, 4) is 0 Å². The summed E-state index contributed by atoms with van der Waals surface area (Å²) in [5.41, 5.74) is 3.99. The SMILES string of the molecule is O=C(O)c1cncn1NCc1cccnc1. The summed E-state index contributed by atoms with van der Waals surface area (Å²) in [5, 5.41) is 8.84. The first kappa shape index (κ1) is 10.2. The van der Waals surface area contributed by atoms with E-state index in [9.17, 15) is 4.79 Å². The molecular formula is C10H10N4O2. The number of aromatic carboxylic acids is 1. The largest absolute Gasteiger partial charge is 0.476 e. The normalized spacial score (nSPS) is 10.0. The fraction of sp³-hybridized carbons (Fsp3) is 0.100. The van der Waals surface area contributed by atoms with Crippen molar-refractivity contribution in [3.05, 3.63) is 48.3 Å². The molecule has 0 aliphatic rings. The van der Waals surface area contributed by atoms with Gasteiger partial charge in [0.05, 0.1) is 12.7 Å². The minimum absolute atomic E-state index is 0.101. The molecule has 6 heteroatoms. The number of nitrogens with one attached hydrogen (secondary N) is 1. The second-order valence-electron chi connectivity index (χ2n) is 3.15. The topological polar surface area (TPSA) is 80.0 Å². The Morgan fingerprint density at radius 2 is 2.31 bits per heavy atom. The number of rotatable bonds is 4. The number of hydrogen-bond donors (Lipinski definition) is 2. The second-order valence-corrected chi connectivity index (χ2v) is 3.15. The van der Waals surface area contributed by atoms with Crippen LogP contribution < -0.4 is 5.43 Å². The molecule has 2 heterocycles. The standard InChI is InChI=1S/C10H10N4O2/c15-10(16)9-6-12-7-14(9)13-5-8-2-1-3-11-4-8/h1-4,6-7,13H,5H2,(H,15,16). The first-order valence-corrected chi connectivity index (χ1v) is 4.66. The lowest BCUT2D eigenvalue weighted by Crippen LogP contribution is -2.18. The van der Waals surface area contributed by atoms with Crippen LogP contribution in [0.1, 0.15) is 16.1 Å². The zero-order valence-corrected chi connectivity index (χ0v) is 8.37. The lowest BCUT2D eigenvalue weighted by Gasteiger charge is -2.08. The molecule has 2 aromatic heterocycles. The monoisotopic (exact) mass is 218 g/mol. The van der Waals surface area contributed by atoms with Gasteiger partial charge in [-0.3, -0.25) is 4.98 Å². The van der Waals surface area contributed by atoms with Crippen LogP contribution in [0.25, 0.3) is 0 Å². The van der Waals surface area contributed by atoms with Gasteiger partial charge in [0.15, 0.2) is 5.69 Å². The average molecular weight is 218 g/mol. The van der Waals surface area contributed by atoms with Gasteiger partial charge in [-0.25, -0.2) is 14.5 Å². The summed E-state index contributed by atoms with van der Waals surface area (Å²) >= 11 is 0. The van der Waals surface area contributed by atoms with Crippen LogP contribution in [0.15, 0.2) is 37.1 Å². The molecule has 0 atom stereocenters. The molecule has 0 unspecified atom stereocenters. The van der Waals surface area contributed by atoms with Gasteiger partial charge in [0.25, 0.3) is 0 Å². The number of aromatic nitrogens is 3. The quantitative estimate of drug-likeness (QED) is 0.790. The molecule has 82 valence electrons. The van der Waals surface area contributed by atoms with Crippen LogP contribution in [0, 0.1) is 0 Å². The summed E-state index contributed by atoms with van der Waals surface area (Å²) in [6.07, 6.45) is 6.10. The zero-order chi connectivity index (χ0) is 11.4. The van der Waals surface area contributed by atoms with Crippen LogP contribution in [-0.2, 0) is 6.54 Å². The van der Waals surface area contributed by atoms with Gasteiger partial charge in [-0.05, 0) is 11.6 Å². The molecule has 0 radical (unpaired) electrons. The predicted molar refractivity (Wildman–Crippen MR) is 56.5 cm³/mol. The smallest absolute Gasteiger partial charge is 0.356 e. The van der Waals surface area contributed by atoms with E-state index >= 15 is 0 Å². The lowest BCUT2D eigenvalue weighted by atomic mass is 10.3. The number of hydrogen-bond acceptors (Lipinski definition) is 4. The Kier molecular flexibility index (Phi) is 2.81. The van der Waals surface area contributed by atoms with E-state index in [1.165, 1.54) is 17.2 Å². The summed E-state index contributed by atoms with van der Waals surface area (Å²) in [4.78, 5) is 18.5. The van der Waals surface area contributed by atoms with Crippen LogP contribution in [0.5, 0.6) is 0 Å². The Hall–Kier alpha value is -2.37. The summed E-state index contributed by atoms with van der Waals surface area (Å²) in [7, 11) is 0. The van der Waals surface area contributed by atoms with E-state index in [-0.39, 0.29) is 5.69 Å². The maximum atomic E-state index is 10.8. The van der Waals surface area contributed by atoms with Gasteiger partial charge in [0.1, 0.15) is 6.33 Å². The van der Waals surface area contributed by atoms with E-state index in [2.05, 4.69) is 15.4 Å². The number of carbonyl (C=O) groups is 1. The lowest BCUT2D eigenvalue weighted by molar-refractivity contribution is 0.0686. The molecule has 0 amide bonds. The highest BCUT2D eigenvalue weighted by Crippen LogP contribution is 1.99.